The van der Waals surface area contributed by atoms with Crippen LogP contribution in [0.4, 0.5) is 5.69 Å². The Bertz CT molecular complexity index is 1770. The van der Waals surface area contributed by atoms with E-state index >= 15 is 0 Å². The summed E-state index contributed by atoms with van der Waals surface area (Å²) in [7, 11) is -2.77. The molecule has 4 rings (SSSR count). The maximum atomic E-state index is 14.6. The fourth-order valence-electron chi connectivity index (χ4n) is 5.03. The Morgan fingerprint density at radius 3 is 2.30 bits per heavy atom. The van der Waals surface area contributed by atoms with Gasteiger partial charge in [-0.25, -0.2) is 8.42 Å². The minimum Gasteiger partial charge on any atom is -0.497 e. The number of carbonyl (C=O) groups is 2. The fourth-order valence-corrected chi connectivity index (χ4v) is 6.90. The van der Waals surface area contributed by atoms with E-state index in [1.807, 2.05) is 44.2 Å². The molecule has 0 spiro atoms. The van der Waals surface area contributed by atoms with Crippen LogP contribution in [0.5, 0.6) is 5.75 Å². The lowest BCUT2D eigenvalue weighted by Crippen LogP contribution is -2.53. The van der Waals surface area contributed by atoms with E-state index in [2.05, 4.69) is 5.32 Å². The van der Waals surface area contributed by atoms with Crippen molar-refractivity contribution >= 4 is 50.7 Å². The van der Waals surface area contributed by atoms with Gasteiger partial charge in [0.1, 0.15) is 18.3 Å². The minimum absolute atomic E-state index is 0.0177. The van der Waals surface area contributed by atoms with Gasteiger partial charge in [-0.1, -0.05) is 96.7 Å². The summed E-state index contributed by atoms with van der Waals surface area (Å²) < 4.78 is 34.9. The number of sulfonamides is 1. The Morgan fingerprint density at radius 1 is 0.915 bits per heavy atom. The number of halogens is 2. The van der Waals surface area contributed by atoms with Gasteiger partial charge in [-0.2, -0.15) is 0 Å². The zero-order chi connectivity index (χ0) is 34.0. The molecule has 0 heterocycles. The summed E-state index contributed by atoms with van der Waals surface area (Å²) in [5.41, 5.74) is 2.50. The van der Waals surface area contributed by atoms with E-state index in [9.17, 15) is 18.0 Å². The van der Waals surface area contributed by atoms with Crippen molar-refractivity contribution in [2.45, 2.75) is 50.6 Å². The minimum atomic E-state index is -4.25. The summed E-state index contributed by atoms with van der Waals surface area (Å²) in [6, 6.07) is 26.2. The van der Waals surface area contributed by atoms with Crippen LogP contribution in [0.3, 0.4) is 0 Å². The van der Waals surface area contributed by atoms with Gasteiger partial charge in [-0.3, -0.25) is 13.9 Å². The molecule has 248 valence electrons. The molecule has 8 nitrogen and oxygen atoms in total. The van der Waals surface area contributed by atoms with Crippen molar-refractivity contribution in [1.82, 2.24) is 10.2 Å². The number of nitrogens with zero attached hydrogens (tertiary/aromatic N) is 2. The van der Waals surface area contributed by atoms with Crippen LogP contribution in [-0.4, -0.2) is 51.4 Å². The smallest absolute Gasteiger partial charge is 0.264 e. The molecule has 0 saturated heterocycles. The molecule has 1 N–H and O–H groups in total. The van der Waals surface area contributed by atoms with Gasteiger partial charge in [0.25, 0.3) is 10.0 Å². The predicted molar refractivity (Wildman–Crippen MR) is 188 cm³/mol. The molecule has 1 atom stereocenters. The van der Waals surface area contributed by atoms with Crippen molar-refractivity contribution < 1.29 is 22.7 Å². The van der Waals surface area contributed by atoms with Crippen LogP contribution in [-0.2, 0) is 32.6 Å². The zero-order valence-corrected chi connectivity index (χ0v) is 29.0. The lowest BCUT2D eigenvalue weighted by Gasteiger charge is -2.34. The molecule has 0 aliphatic heterocycles. The number of amides is 2. The molecule has 2 amide bonds. The van der Waals surface area contributed by atoms with Crippen LogP contribution < -0.4 is 14.4 Å². The molecular formula is C36H39Cl2N3O5S. The van der Waals surface area contributed by atoms with Crippen LogP contribution in [0.25, 0.3) is 0 Å². The number of hydrogen-bond acceptors (Lipinski definition) is 5. The molecule has 0 fully saturated rings. The van der Waals surface area contributed by atoms with E-state index in [0.29, 0.717) is 27.9 Å². The van der Waals surface area contributed by atoms with Crippen LogP contribution in [0.1, 0.15) is 36.5 Å². The van der Waals surface area contributed by atoms with E-state index in [4.69, 9.17) is 27.9 Å². The van der Waals surface area contributed by atoms with Gasteiger partial charge in [0.2, 0.25) is 11.8 Å². The third-order valence-electron chi connectivity index (χ3n) is 7.69. The lowest BCUT2D eigenvalue weighted by atomic mass is 10.0. The summed E-state index contributed by atoms with van der Waals surface area (Å²) in [5.74, 6) is -0.530. The molecule has 0 bridgehead atoms. The predicted octanol–water partition coefficient (Wildman–Crippen LogP) is 7.06. The first-order valence-corrected chi connectivity index (χ1v) is 17.5. The second-order valence-corrected chi connectivity index (χ2v) is 13.8. The number of rotatable bonds is 15. The topological polar surface area (TPSA) is 96.0 Å². The van der Waals surface area contributed by atoms with Gasteiger partial charge in [-0.05, 0) is 60.9 Å². The molecule has 1 unspecified atom stereocenters. The standard InChI is InChI=1S/C36H39Cl2N3O5S/c1-4-5-20-39-36(43)34(21-27-10-7-6-8-11-27)40(24-28-16-17-29(37)22-33(28)38)35(42)25-41(30-12-9-13-31(23-30)46-3)47(44,45)32-18-14-26(2)15-19-32/h6-19,22-23,34H,4-5,20-21,24-25H2,1-3H3,(H,39,43). The molecule has 0 aliphatic carbocycles. The number of ether oxygens (including phenoxy) is 1. The maximum Gasteiger partial charge on any atom is 0.264 e. The second kappa shape index (κ2) is 16.7. The van der Waals surface area contributed by atoms with Crippen LogP contribution >= 0.6 is 23.2 Å². The van der Waals surface area contributed by atoms with Gasteiger partial charge < -0.3 is 15.0 Å². The molecular weight excluding hydrogens is 657 g/mol. The van der Waals surface area contributed by atoms with Crippen molar-refractivity contribution in [2.24, 2.45) is 0 Å². The van der Waals surface area contributed by atoms with Crippen molar-refractivity contribution in [2.75, 3.05) is 24.5 Å². The third-order valence-corrected chi connectivity index (χ3v) is 10.1. The Labute approximate surface area is 287 Å². The van der Waals surface area contributed by atoms with E-state index in [-0.39, 0.29) is 29.5 Å². The first-order chi connectivity index (χ1) is 22.5. The fraction of sp³-hybridized carbons (Fsp3) is 0.278. The summed E-state index contributed by atoms with van der Waals surface area (Å²) in [6.45, 7) is 3.65. The number of aryl methyl sites for hydroxylation is 1. The SMILES string of the molecule is CCCCNC(=O)C(Cc1ccccc1)N(Cc1ccc(Cl)cc1Cl)C(=O)CN(c1cccc(OC)c1)S(=O)(=O)c1ccc(C)cc1. The van der Waals surface area contributed by atoms with Crippen LogP contribution in [0, 0.1) is 6.92 Å². The first-order valence-electron chi connectivity index (χ1n) is 15.3. The van der Waals surface area contributed by atoms with Gasteiger partial charge in [0.05, 0.1) is 17.7 Å². The number of hydrogen-bond donors (Lipinski definition) is 1. The monoisotopic (exact) mass is 695 g/mol. The zero-order valence-electron chi connectivity index (χ0n) is 26.7. The third kappa shape index (κ3) is 9.50. The molecule has 11 heteroatoms. The van der Waals surface area contributed by atoms with E-state index in [0.717, 1.165) is 28.3 Å². The normalized spacial score (nSPS) is 11.9. The van der Waals surface area contributed by atoms with Gasteiger partial charge in [-0.15, -0.1) is 0 Å². The van der Waals surface area contributed by atoms with Crippen molar-refractivity contribution in [3.05, 3.63) is 124 Å². The summed E-state index contributed by atoms with van der Waals surface area (Å²) in [6.07, 6.45) is 1.83. The van der Waals surface area contributed by atoms with Crippen molar-refractivity contribution in [3.8, 4) is 5.75 Å². The Kier molecular flexibility index (Phi) is 12.7. The Morgan fingerprint density at radius 2 is 1.64 bits per heavy atom. The molecule has 4 aromatic carbocycles. The highest BCUT2D eigenvalue weighted by Gasteiger charge is 2.35. The molecule has 0 saturated carbocycles. The summed E-state index contributed by atoms with van der Waals surface area (Å²) >= 11 is 12.8. The molecule has 4 aromatic rings. The number of benzene rings is 4. The van der Waals surface area contributed by atoms with E-state index < -0.39 is 28.5 Å². The first kappa shape index (κ1) is 35.8. The number of anilines is 1. The van der Waals surface area contributed by atoms with E-state index in [1.165, 1.54) is 24.1 Å². The summed E-state index contributed by atoms with van der Waals surface area (Å²) in [4.78, 5) is 29.9. The quantitative estimate of drug-likeness (QED) is 0.134. The van der Waals surface area contributed by atoms with Crippen molar-refractivity contribution in [3.63, 3.8) is 0 Å². The van der Waals surface area contributed by atoms with Crippen molar-refractivity contribution in [1.29, 1.82) is 0 Å². The second-order valence-electron chi connectivity index (χ2n) is 11.1. The molecule has 0 aromatic heterocycles. The Balaban J connectivity index is 1.82. The average molecular weight is 697 g/mol. The molecule has 0 radical (unpaired) electrons. The highest BCUT2D eigenvalue weighted by molar-refractivity contribution is 7.92. The number of carbonyl (C=O) groups excluding carboxylic acids is 2. The lowest BCUT2D eigenvalue weighted by molar-refractivity contribution is -0.140. The highest BCUT2D eigenvalue weighted by atomic mass is 35.5. The number of methoxy groups -OCH3 is 1. The van der Waals surface area contributed by atoms with Gasteiger partial charge in [0.15, 0.2) is 0 Å². The molecule has 47 heavy (non-hydrogen) atoms. The molecule has 0 aliphatic rings. The number of unbranched alkanes of at least 4 members (excludes halogenated alkanes) is 1. The average Bonchev–Trinajstić information content (AvgIpc) is 3.06. The van der Waals surface area contributed by atoms with Crippen LogP contribution in [0.15, 0.2) is 102 Å². The maximum absolute atomic E-state index is 14.6. The van der Waals surface area contributed by atoms with E-state index in [1.54, 1.807) is 54.6 Å². The summed E-state index contributed by atoms with van der Waals surface area (Å²) in [5, 5.41) is 3.71. The van der Waals surface area contributed by atoms with Crippen LogP contribution in [0.2, 0.25) is 10.0 Å². The largest absolute Gasteiger partial charge is 0.497 e. The number of nitrogens with one attached hydrogen (secondary N) is 1. The highest BCUT2D eigenvalue weighted by Crippen LogP contribution is 2.29. The van der Waals surface area contributed by atoms with Gasteiger partial charge >= 0.3 is 0 Å². The van der Waals surface area contributed by atoms with Gasteiger partial charge in [0, 0.05) is 35.6 Å². The Hall–Kier alpha value is -4.05.